The first kappa shape index (κ1) is 21.6. The van der Waals surface area contributed by atoms with Gasteiger partial charge >= 0.3 is 0 Å². The molecule has 6 nitrogen and oxygen atoms in total. The number of aromatic nitrogens is 1. The zero-order chi connectivity index (χ0) is 20.5. The molecule has 150 valence electrons. The van der Waals surface area contributed by atoms with Crippen molar-refractivity contribution in [2.75, 3.05) is 33.7 Å². The normalized spacial score (nSPS) is 11.9. The molecule has 1 N–H and O–H groups in total. The second-order valence-electron chi connectivity index (χ2n) is 7.05. The average Bonchev–Trinajstić information content (AvgIpc) is 2.72. The zero-order valence-corrected chi connectivity index (χ0v) is 17.2. The van der Waals surface area contributed by atoms with Crippen molar-refractivity contribution in [3.05, 3.63) is 54.4 Å². The van der Waals surface area contributed by atoms with Gasteiger partial charge in [0, 0.05) is 32.0 Å². The standard InChI is InChI=1S/C22H30N4O2/c1-5-11-24-21(27)15-26(4)22(28)16-25(3)17(2)19-7-6-8-20(14-19)18-9-12-23-13-10-18/h6-10,12-14,17H,5,11,15-16H2,1-4H3,(H,24,27). The molecule has 1 aromatic heterocycles. The monoisotopic (exact) mass is 382 g/mol. The smallest absolute Gasteiger partial charge is 0.239 e. The number of pyridine rings is 1. The van der Waals surface area contributed by atoms with Gasteiger partial charge in [0.15, 0.2) is 0 Å². The molecule has 0 aliphatic rings. The highest BCUT2D eigenvalue weighted by Crippen LogP contribution is 2.25. The molecule has 6 heteroatoms. The molecule has 0 radical (unpaired) electrons. The Kier molecular flexibility index (Phi) is 8.14. The largest absolute Gasteiger partial charge is 0.355 e. The van der Waals surface area contributed by atoms with Crippen molar-refractivity contribution >= 4 is 11.8 Å². The molecular formula is C22H30N4O2. The second kappa shape index (κ2) is 10.6. The maximum absolute atomic E-state index is 12.5. The van der Waals surface area contributed by atoms with Gasteiger partial charge in [0.2, 0.25) is 11.8 Å². The minimum absolute atomic E-state index is 0.0630. The van der Waals surface area contributed by atoms with Crippen molar-refractivity contribution in [2.24, 2.45) is 0 Å². The van der Waals surface area contributed by atoms with Gasteiger partial charge in [0.25, 0.3) is 0 Å². The molecule has 0 spiro atoms. The van der Waals surface area contributed by atoms with Crippen LogP contribution in [0.25, 0.3) is 11.1 Å². The molecule has 1 heterocycles. The number of hydrogen-bond acceptors (Lipinski definition) is 4. The van der Waals surface area contributed by atoms with Gasteiger partial charge in [-0.15, -0.1) is 0 Å². The van der Waals surface area contributed by atoms with Crippen molar-refractivity contribution in [3.8, 4) is 11.1 Å². The summed E-state index contributed by atoms with van der Waals surface area (Å²) >= 11 is 0. The van der Waals surface area contributed by atoms with E-state index in [0.717, 1.165) is 23.1 Å². The number of nitrogens with one attached hydrogen (secondary N) is 1. The summed E-state index contributed by atoms with van der Waals surface area (Å²) in [5.41, 5.74) is 3.37. The maximum Gasteiger partial charge on any atom is 0.239 e. The van der Waals surface area contributed by atoms with Gasteiger partial charge < -0.3 is 10.2 Å². The van der Waals surface area contributed by atoms with Crippen molar-refractivity contribution in [1.82, 2.24) is 20.1 Å². The van der Waals surface area contributed by atoms with Gasteiger partial charge in [-0.2, -0.15) is 0 Å². The van der Waals surface area contributed by atoms with Crippen LogP contribution in [0.2, 0.25) is 0 Å². The van der Waals surface area contributed by atoms with E-state index >= 15 is 0 Å². The first-order valence-electron chi connectivity index (χ1n) is 9.63. The van der Waals surface area contributed by atoms with Gasteiger partial charge in [-0.25, -0.2) is 0 Å². The van der Waals surface area contributed by atoms with E-state index < -0.39 is 0 Å². The Balaban J connectivity index is 1.97. The van der Waals surface area contributed by atoms with Crippen LogP contribution in [0.1, 0.15) is 31.9 Å². The lowest BCUT2D eigenvalue weighted by Gasteiger charge is -2.27. The molecule has 0 saturated carbocycles. The third-order valence-electron chi connectivity index (χ3n) is 4.81. The first-order valence-corrected chi connectivity index (χ1v) is 9.63. The maximum atomic E-state index is 12.5. The van der Waals surface area contributed by atoms with Crippen LogP contribution < -0.4 is 5.32 Å². The SMILES string of the molecule is CCCNC(=O)CN(C)C(=O)CN(C)C(C)c1cccc(-c2ccncc2)c1. The summed E-state index contributed by atoms with van der Waals surface area (Å²) in [4.78, 5) is 31.8. The second-order valence-corrected chi connectivity index (χ2v) is 7.05. The lowest BCUT2D eigenvalue weighted by Crippen LogP contribution is -2.43. The molecule has 0 aliphatic carbocycles. The van der Waals surface area contributed by atoms with Crippen LogP contribution in [0, 0.1) is 0 Å². The Morgan fingerprint density at radius 2 is 1.79 bits per heavy atom. The minimum atomic E-state index is -0.126. The lowest BCUT2D eigenvalue weighted by atomic mass is 10.0. The van der Waals surface area contributed by atoms with E-state index in [2.05, 4.69) is 35.4 Å². The number of carbonyl (C=O) groups is 2. The minimum Gasteiger partial charge on any atom is -0.355 e. The van der Waals surface area contributed by atoms with Crippen LogP contribution >= 0.6 is 0 Å². The summed E-state index contributed by atoms with van der Waals surface area (Å²) < 4.78 is 0. The highest BCUT2D eigenvalue weighted by molar-refractivity contribution is 5.85. The number of likely N-dealkylation sites (N-methyl/N-ethyl adjacent to an activating group) is 2. The van der Waals surface area contributed by atoms with Gasteiger partial charge in [0.05, 0.1) is 13.1 Å². The van der Waals surface area contributed by atoms with E-state index in [0.29, 0.717) is 6.54 Å². The van der Waals surface area contributed by atoms with Crippen LogP contribution in [0.15, 0.2) is 48.8 Å². The van der Waals surface area contributed by atoms with Gasteiger partial charge in [-0.3, -0.25) is 19.5 Å². The van der Waals surface area contributed by atoms with E-state index in [1.807, 2.05) is 37.1 Å². The number of carbonyl (C=O) groups excluding carboxylic acids is 2. The van der Waals surface area contributed by atoms with Gasteiger partial charge in [0.1, 0.15) is 0 Å². The summed E-state index contributed by atoms with van der Waals surface area (Å²) in [7, 11) is 3.59. The highest BCUT2D eigenvalue weighted by Gasteiger charge is 2.19. The Morgan fingerprint density at radius 1 is 1.07 bits per heavy atom. The van der Waals surface area contributed by atoms with Crippen LogP contribution in [0.5, 0.6) is 0 Å². The van der Waals surface area contributed by atoms with Gasteiger partial charge in [-0.05, 0) is 55.3 Å². The van der Waals surface area contributed by atoms with E-state index in [9.17, 15) is 9.59 Å². The van der Waals surface area contributed by atoms with Crippen LogP contribution in [0.3, 0.4) is 0 Å². The molecule has 0 aliphatic heterocycles. The Hall–Kier alpha value is -2.73. The van der Waals surface area contributed by atoms with Crippen molar-refractivity contribution in [2.45, 2.75) is 26.3 Å². The number of rotatable bonds is 9. The third kappa shape index (κ3) is 6.16. The summed E-state index contributed by atoms with van der Waals surface area (Å²) in [6.07, 6.45) is 4.44. The van der Waals surface area contributed by atoms with E-state index in [-0.39, 0.29) is 30.9 Å². The third-order valence-corrected chi connectivity index (χ3v) is 4.81. The molecular weight excluding hydrogens is 352 g/mol. The molecule has 28 heavy (non-hydrogen) atoms. The Labute approximate surface area is 167 Å². The quantitative estimate of drug-likeness (QED) is 0.724. The highest BCUT2D eigenvalue weighted by atomic mass is 16.2. The summed E-state index contributed by atoms with van der Waals surface area (Å²) in [6.45, 7) is 5.03. The van der Waals surface area contributed by atoms with E-state index in [1.165, 1.54) is 4.90 Å². The van der Waals surface area contributed by atoms with Crippen molar-refractivity contribution in [1.29, 1.82) is 0 Å². The molecule has 0 bridgehead atoms. The number of hydrogen-bond donors (Lipinski definition) is 1. The van der Waals surface area contributed by atoms with Crippen molar-refractivity contribution < 1.29 is 9.59 Å². The topological polar surface area (TPSA) is 65.5 Å². The Bertz CT molecular complexity index is 779. The van der Waals surface area contributed by atoms with Gasteiger partial charge in [-0.1, -0.05) is 25.1 Å². The predicted molar refractivity (Wildman–Crippen MR) is 112 cm³/mol. The number of nitrogens with zero attached hydrogens (tertiary/aromatic N) is 3. The van der Waals surface area contributed by atoms with Crippen molar-refractivity contribution in [3.63, 3.8) is 0 Å². The zero-order valence-electron chi connectivity index (χ0n) is 17.2. The molecule has 2 rings (SSSR count). The summed E-state index contributed by atoms with van der Waals surface area (Å²) in [5.74, 6) is -0.204. The molecule has 0 saturated heterocycles. The molecule has 1 unspecified atom stereocenters. The fourth-order valence-corrected chi connectivity index (χ4v) is 2.87. The summed E-state index contributed by atoms with van der Waals surface area (Å²) in [5, 5.41) is 2.79. The predicted octanol–water partition coefficient (Wildman–Crippen LogP) is 2.73. The average molecular weight is 383 g/mol. The molecule has 0 fully saturated rings. The fraction of sp³-hybridized carbons (Fsp3) is 0.409. The molecule has 1 atom stereocenters. The van der Waals surface area contributed by atoms with Crippen LogP contribution in [-0.4, -0.2) is 60.3 Å². The van der Waals surface area contributed by atoms with E-state index in [1.54, 1.807) is 19.4 Å². The number of amides is 2. The molecule has 2 amide bonds. The summed E-state index contributed by atoms with van der Waals surface area (Å²) in [6, 6.07) is 12.3. The Morgan fingerprint density at radius 3 is 2.46 bits per heavy atom. The van der Waals surface area contributed by atoms with Crippen LogP contribution in [-0.2, 0) is 9.59 Å². The van der Waals surface area contributed by atoms with E-state index in [4.69, 9.17) is 0 Å². The first-order chi connectivity index (χ1) is 13.4. The number of benzene rings is 1. The van der Waals surface area contributed by atoms with Crippen LogP contribution in [0.4, 0.5) is 0 Å². The lowest BCUT2D eigenvalue weighted by molar-refractivity contribution is -0.135. The fourth-order valence-electron chi connectivity index (χ4n) is 2.87. The molecule has 1 aromatic carbocycles. The molecule has 2 aromatic rings.